The van der Waals surface area contributed by atoms with Crippen LogP contribution in [-0.2, 0) is 4.12 Å². The van der Waals surface area contributed by atoms with Gasteiger partial charge in [-0.2, -0.15) is 0 Å². The van der Waals surface area contributed by atoms with Gasteiger partial charge in [-0.25, -0.2) is 0 Å². The molecule has 2 amide bonds. The van der Waals surface area contributed by atoms with Gasteiger partial charge in [-0.05, 0) is 73.7 Å². The second-order valence-electron chi connectivity index (χ2n) is 8.79. The zero-order valence-corrected chi connectivity index (χ0v) is 21.7. The second-order valence-corrected chi connectivity index (χ2v) is 16.8. The molecule has 0 saturated heterocycles. The predicted molar refractivity (Wildman–Crippen MR) is 133 cm³/mol. The summed E-state index contributed by atoms with van der Waals surface area (Å²) < 4.78 is 6.80. The highest BCUT2D eigenvalue weighted by atomic mass is 28.4. The minimum atomic E-state index is -2.18. The largest absolute Gasteiger partial charge is 0.449 e. The molecule has 0 atom stereocenters. The first-order chi connectivity index (χ1) is 14.6. The average Bonchev–Trinajstić information content (AvgIpc) is 2.75. The van der Waals surface area contributed by atoms with E-state index in [2.05, 4.69) is 36.8 Å². The third-order valence-corrected chi connectivity index (χ3v) is 12.8. The molecule has 5 nitrogen and oxygen atoms in total. The van der Waals surface area contributed by atoms with E-state index in [1.54, 1.807) is 0 Å². The van der Waals surface area contributed by atoms with E-state index in [4.69, 9.17) is 4.12 Å². The van der Waals surface area contributed by atoms with Crippen molar-refractivity contribution in [2.45, 2.75) is 52.9 Å². The molecule has 0 bridgehead atoms. The zero-order chi connectivity index (χ0) is 23.1. The van der Waals surface area contributed by atoms with Crippen LogP contribution in [0, 0.1) is 0 Å². The average molecular weight is 457 g/mol. The summed E-state index contributed by atoms with van der Waals surface area (Å²) >= 11 is 0. The van der Waals surface area contributed by atoms with Crippen molar-refractivity contribution in [3.63, 3.8) is 0 Å². The summed E-state index contributed by atoms with van der Waals surface area (Å²) in [6.07, 6.45) is 1.84. The molecule has 2 aromatic rings. The monoisotopic (exact) mass is 456 g/mol. The first-order valence-corrected chi connectivity index (χ1v) is 16.9. The summed E-state index contributed by atoms with van der Waals surface area (Å²) in [5.41, 5.74) is 1.35. The van der Waals surface area contributed by atoms with Crippen LogP contribution in [0.1, 0.15) is 47.4 Å². The summed E-state index contributed by atoms with van der Waals surface area (Å²) in [5, 5.41) is 8.14. The molecule has 0 heterocycles. The number of hydrogen-bond acceptors (Lipinski definition) is 3. The molecule has 0 aliphatic heterocycles. The van der Waals surface area contributed by atoms with Crippen LogP contribution in [0.5, 0.6) is 0 Å². The minimum Gasteiger partial charge on any atom is -0.449 e. The fourth-order valence-electron chi connectivity index (χ4n) is 3.48. The Labute approximate surface area is 188 Å². The van der Waals surface area contributed by atoms with Crippen LogP contribution in [0.4, 0.5) is 0 Å². The van der Waals surface area contributed by atoms with Crippen LogP contribution in [0.15, 0.2) is 48.5 Å². The summed E-state index contributed by atoms with van der Waals surface area (Å²) in [4.78, 5) is 24.3. The number of benzene rings is 2. The maximum Gasteiger partial charge on any atom is 0.251 e. The standard InChI is InChI=1S/C24H36N2O3Si2/c1-7-17-25-23(27)19-9-13-21(14-10-19)30(3,4)29-31(5,6)22-15-11-20(12-16-22)24(28)26-18-8-2/h9-16H,7-8,17-18H2,1-6H3,(H,25,27)(H,26,28). The molecular weight excluding hydrogens is 420 g/mol. The maximum absolute atomic E-state index is 12.2. The number of amides is 2. The molecule has 2 N–H and O–H groups in total. The van der Waals surface area contributed by atoms with E-state index < -0.39 is 16.6 Å². The minimum absolute atomic E-state index is 0.0356. The van der Waals surface area contributed by atoms with Crippen LogP contribution in [0.2, 0.25) is 26.2 Å². The number of nitrogens with one attached hydrogen (secondary N) is 2. The van der Waals surface area contributed by atoms with Gasteiger partial charge in [0.2, 0.25) is 16.6 Å². The maximum atomic E-state index is 12.2. The van der Waals surface area contributed by atoms with Crippen molar-refractivity contribution >= 4 is 38.8 Å². The van der Waals surface area contributed by atoms with Crippen molar-refractivity contribution in [1.29, 1.82) is 0 Å². The molecule has 0 aromatic heterocycles. The molecule has 0 aliphatic rings. The Hall–Kier alpha value is -2.23. The lowest BCUT2D eigenvalue weighted by Crippen LogP contribution is -2.57. The first-order valence-electron chi connectivity index (χ1n) is 11.1. The van der Waals surface area contributed by atoms with Gasteiger partial charge in [-0.1, -0.05) is 38.1 Å². The van der Waals surface area contributed by atoms with Crippen molar-refractivity contribution in [1.82, 2.24) is 10.6 Å². The van der Waals surface area contributed by atoms with Crippen LogP contribution < -0.4 is 21.0 Å². The Bertz CT molecular complexity index is 805. The fourth-order valence-corrected chi connectivity index (χ4v) is 11.5. The van der Waals surface area contributed by atoms with E-state index in [9.17, 15) is 9.59 Å². The van der Waals surface area contributed by atoms with Crippen molar-refractivity contribution in [2.24, 2.45) is 0 Å². The Morgan fingerprint density at radius 2 is 1.00 bits per heavy atom. The van der Waals surface area contributed by atoms with Gasteiger partial charge in [-0.15, -0.1) is 0 Å². The Balaban J connectivity index is 2.12. The molecule has 168 valence electrons. The van der Waals surface area contributed by atoms with Crippen LogP contribution in [0.3, 0.4) is 0 Å². The van der Waals surface area contributed by atoms with Gasteiger partial charge < -0.3 is 14.7 Å². The predicted octanol–water partition coefficient (Wildman–Crippen LogP) is 3.51. The Morgan fingerprint density at radius 3 is 1.29 bits per heavy atom. The van der Waals surface area contributed by atoms with Gasteiger partial charge in [0.15, 0.2) is 0 Å². The van der Waals surface area contributed by atoms with Crippen molar-refractivity contribution < 1.29 is 13.7 Å². The summed E-state index contributed by atoms with van der Waals surface area (Å²) in [5.74, 6) is -0.0712. The normalized spacial score (nSPS) is 11.8. The van der Waals surface area contributed by atoms with Gasteiger partial charge in [0.05, 0.1) is 0 Å². The third kappa shape index (κ3) is 6.88. The molecular formula is C24H36N2O3Si2. The van der Waals surface area contributed by atoms with E-state index in [0.29, 0.717) is 24.2 Å². The van der Waals surface area contributed by atoms with Crippen LogP contribution in [0.25, 0.3) is 0 Å². The molecule has 31 heavy (non-hydrogen) atoms. The van der Waals surface area contributed by atoms with Crippen molar-refractivity contribution in [2.75, 3.05) is 13.1 Å². The van der Waals surface area contributed by atoms with Gasteiger partial charge in [0, 0.05) is 24.2 Å². The zero-order valence-electron chi connectivity index (χ0n) is 19.7. The molecule has 0 aliphatic carbocycles. The molecule has 2 aromatic carbocycles. The molecule has 7 heteroatoms. The lowest BCUT2D eigenvalue weighted by molar-refractivity contribution is 0.0945. The molecule has 0 spiro atoms. The summed E-state index contributed by atoms with van der Waals surface area (Å²) in [6.45, 7) is 14.2. The van der Waals surface area contributed by atoms with Gasteiger partial charge in [-0.3, -0.25) is 9.59 Å². The highest BCUT2D eigenvalue weighted by molar-refractivity contribution is 6.96. The number of hydrogen-bond donors (Lipinski definition) is 2. The van der Waals surface area contributed by atoms with Crippen LogP contribution >= 0.6 is 0 Å². The Morgan fingerprint density at radius 1 is 0.677 bits per heavy atom. The van der Waals surface area contributed by atoms with Crippen molar-refractivity contribution in [3.05, 3.63) is 59.7 Å². The Kier molecular flexibility index (Phi) is 8.79. The van der Waals surface area contributed by atoms with Gasteiger partial charge >= 0.3 is 0 Å². The second kappa shape index (κ2) is 10.9. The summed E-state index contributed by atoms with van der Waals surface area (Å²) in [6, 6.07) is 15.6. The highest BCUT2D eigenvalue weighted by Gasteiger charge is 2.36. The van der Waals surface area contributed by atoms with E-state index in [1.807, 2.05) is 62.4 Å². The highest BCUT2D eigenvalue weighted by Crippen LogP contribution is 2.16. The van der Waals surface area contributed by atoms with E-state index in [0.717, 1.165) is 23.2 Å². The number of carbonyl (C=O) groups excluding carboxylic acids is 2. The molecule has 2 rings (SSSR count). The first kappa shape index (κ1) is 25.0. The lowest BCUT2D eigenvalue weighted by Gasteiger charge is -2.34. The van der Waals surface area contributed by atoms with Gasteiger partial charge in [0.1, 0.15) is 0 Å². The number of carbonyl (C=O) groups is 2. The van der Waals surface area contributed by atoms with Gasteiger partial charge in [0.25, 0.3) is 11.8 Å². The quantitative estimate of drug-likeness (QED) is 0.538. The lowest BCUT2D eigenvalue weighted by atomic mass is 10.2. The summed E-state index contributed by atoms with van der Waals surface area (Å²) in [7, 11) is -4.37. The fraction of sp³-hybridized carbons (Fsp3) is 0.417. The number of rotatable bonds is 10. The SMILES string of the molecule is CCCNC(=O)c1ccc([Si](C)(C)O[Si](C)(C)c2ccc(C(=O)NCCC)cc2)cc1. The van der Waals surface area contributed by atoms with Crippen molar-refractivity contribution in [3.8, 4) is 0 Å². The third-order valence-electron chi connectivity index (χ3n) is 5.27. The molecule has 0 fully saturated rings. The van der Waals surface area contributed by atoms with E-state index >= 15 is 0 Å². The van der Waals surface area contributed by atoms with E-state index in [-0.39, 0.29) is 11.8 Å². The molecule has 0 unspecified atom stereocenters. The van der Waals surface area contributed by atoms with E-state index in [1.165, 1.54) is 0 Å². The molecule has 0 radical (unpaired) electrons. The topological polar surface area (TPSA) is 67.4 Å². The van der Waals surface area contributed by atoms with Crippen LogP contribution in [-0.4, -0.2) is 41.5 Å². The molecule has 0 saturated carbocycles. The smallest absolute Gasteiger partial charge is 0.251 e.